The molecular weight excluding hydrogens is 491 g/mol. The summed E-state index contributed by atoms with van der Waals surface area (Å²) in [6.45, 7) is 13.7. The van der Waals surface area contributed by atoms with E-state index in [0.717, 1.165) is 28.0 Å². The maximum atomic E-state index is 13.4. The van der Waals surface area contributed by atoms with Crippen LogP contribution in [0.1, 0.15) is 76.3 Å². The van der Waals surface area contributed by atoms with Crippen molar-refractivity contribution >= 4 is 22.4 Å². The molecule has 1 nitrogen and oxygen atoms in total. The normalized spacial score (nSPS) is 15.4. The first kappa shape index (κ1) is 27.2. The summed E-state index contributed by atoms with van der Waals surface area (Å²) in [6.07, 6.45) is -0.216. The number of fused-ring (bicyclic) bond motifs is 2. The van der Waals surface area contributed by atoms with Gasteiger partial charge >= 0.3 is 6.18 Å². The Balaban J connectivity index is 1.55. The van der Waals surface area contributed by atoms with Gasteiger partial charge in [0.1, 0.15) is 0 Å². The smallest absolute Gasteiger partial charge is 0.256 e. The largest absolute Gasteiger partial charge is 0.394 e. The average Bonchev–Trinajstić information content (AvgIpc) is 3.13. The molecule has 5 rings (SSSR count). The topological polar surface area (TPSA) is 12.9 Å². The Labute approximate surface area is 229 Å². The van der Waals surface area contributed by atoms with Crippen LogP contribution in [-0.4, -0.2) is 11.2 Å². The summed E-state index contributed by atoms with van der Waals surface area (Å²) in [5.41, 5.74) is 6.38. The van der Waals surface area contributed by atoms with Gasteiger partial charge in [0.25, 0.3) is 0 Å². The molecule has 1 aliphatic rings. The first-order chi connectivity index (χ1) is 18.1. The lowest BCUT2D eigenvalue weighted by molar-refractivity contribution is -0.211. The molecule has 1 aromatic heterocycles. The van der Waals surface area contributed by atoms with Crippen molar-refractivity contribution in [1.82, 2.24) is 4.98 Å². The van der Waals surface area contributed by atoms with Crippen LogP contribution < -0.4 is 0 Å². The Hall–Kier alpha value is -3.40. The molecule has 4 heteroatoms. The second-order valence-electron chi connectivity index (χ2n) is 13.1. The number of alkyl halides is 3. The van der Waals surface area contributed by atoms with Crippen molar-refractivity contribution in [3.8, 4) is 11.3 Å². The van der Waals surface area contributed by atoms with Gasteiger partial charge in [-0.25, -0.2) is 0 Å². The lowest BCUT2D eigenvalue weighted by Gasteiger charge is -2.29. The second-order valence-corrected chi connectivity index (χ2v) is 13.1. The predicted octanol–water partition coefficient (Wildman–Crippen LogP) is 10.2. The first-order valence-corrected chi connectivity index (χ1v) is 13.5. The van der Waals surface area contributed by atoms with E-state index in [1.165, 1.54) is 35.7 Å². The van der Waals surface area contributed by atoms with Crippen molar-refractivity contribution < 1.29 is 13.2 Å². The van der Waals surface area contributed by atoms with Crippen LogP contribution in [0.4, 0.5) is 13.2 Å². The molecule has 0 amide bonds. The Morgan fingerprint density at radius 3 is 2.10 bits per heavy atom. The van der Waals surface area contributed by atoms with Crippen LogP contribution in [0, 0.1) is 5.41 Å². The summed E-state index contributed by atoms with van der Waals surface area (Å²) in [5, 5.41) is 2.45. The van der Waals surface area contributed by atoms with E-state index in [9.17, 15) is 13.2 Å². The van der Waals surface area contributed by atoms with Gasteiger partial charge in [0.15, 0.2) is 0 Å². The van der Waals surface area contributed by atoms with Gasteiger partial charge in [-0.3, -0.25) is 4.98 Å². The van der Waals surface area contributed by atoms with E-state index < -0.39 is 11.6 Å². The molecule has 1 aliphatic carbocycles. The third-order valence-electron chi connectivity index (χ3n) is 8.20. The molecule has 0 saturated heterocycles. The first-order valence-electron chi connectivity index (χ1n) is 13.5. The van der Waals surface area contributed by atoms with Crippen molar-refractivity contribution in [2.75, 3.05) is 0 Å². The maximum absolute atomic E-state index is 13.4. The molecule has 0 atom stereocenters. The van der Waals surface area contributed by atoms with Crippen molar-refractivity contribution in [1.29, 1.82) is 0 Å². The highest BCUT2D eigenvalue weighted by Gasteiger charge is 2.47. The van der Waals surface area contributed by atoms with E-state index in [4.69, 9.17) is 4.98 Å². The van der Waals surface area contributed by atoms with Crippen LogP contribution in [0.15, 0.2) is 72.9 Å². The number of aromatic nitrogens is 1. The fraction of sp³-hybridized carbons (Fsp3) is 0.343. The van der Waals surface area contributed by atoms with Crippen LogP contribution in [-0.2, 0) is 17.3 Å². The quantitative estimate of drug-likeness (QED) is 0.257. The molecule has 0 unspecified atom stereocenters. The minimum absolute atomic E-state index is 0.0328. The lowest BCUT2D eigenvalue weighted by atomic mass is 9.76. The molecule has 202 valence electrons. The van der Waals surface area contributed by atoms with Gasteiger partial charge < -0.3 is 0 Å². The van der Waals surface area contributed by atoms with Crippen LogP contribution in [0.3, 0.4) is 0 Å². The van der Waals surface area contributed by atoms with Crippen molar-refractivity contribution in [3.63, 3.8) is 0 Å². The number of nitrogens with zero attached hydrogens (tertiary/aromatic N) is 1. The summed E-state index contributed by atoms with van der Waals surface area (Å²) in [4.78, 5) is 4.91. The third kappa shape index (κ3) is 4.79. The van der Waals surface area contributed by atoms with Crippen molar-refractivity contribution in [3.05, 3.63) is 101 Å². The molecule has 0 fully saturated rings. The summed E-state index contributed by atoms with van der Waals surface area (Å²) in [6, 6.07) is 22.7. The highest BCUT2D eigenvalue weighted by Crippen LogP contribution is 2.50. The van der Waals surface area contributed by atoms with Crippen LogP contribution in [0.25, 0.3) is 33.7 Å². The molecule has 4 aromatic rings. The van der Waals surface area contributed by atoms with E-state index in [-0.39, 0.29) is 17.3 Å². The Morgan fingerprint density at radius 1 is 0.795 bits per heavy atom. The van der Waals surface area contributed by atoms with E-state index in [1.54, 1.807) is 0 Å². The maximum Gasteiger partial charge on any atom is 0.394 e. The summed E-state index contributed by atoms with van der Waals surface area (Å²) >= 11 is 0. The number of rotatable bonds is 4. The number of pyridine rings is 1. The average molecular weight is 528 g/mol. The standard InChI is InChI=1S/C35H36F3N/c1-32(2,3)29-20-26(18-24-10-8-9-11-27(24)29)31-30-25(16-17-39-31)19-28(34(30,6)7)23-14-12-22(13-15-23)21-33(4,5)35(36,37)38/h8-20H,21H2,1-7H3. The molecule has 0 N–H and O–H groups in total. The third-order valence-corrected chi connectivity index (χ3v) is 8.20. The number of hydrogen-bond donors (Lipinski definition) is 0. The number of halogens is 3. The van der Waals surface area contributed by atoms with E-state index >= 15 is 0 Å². The minimum atomic E-state index is -4.25. The van der Waals surface area contributed by atoms with Gasteiger partial charge in [-0.15, -0.1) is 0 Å². The second kappa shape index (κ2) is 9.08. The Morgan fingerprint density at radius 2 is 1.46 bits per heavy atom. The zero-order chi connectivity index (χ0) is 28.4. The Kier molecular flexibility index (Phi) is 6.33. The predicted molar refractivity (Wildman–Crippen MR) is 157 cm³/mol. The highest BCUT2D eigenvalue weighted by molar-refractivity contribution is 5.98. The van der Waals surface area contributed by atoms with Gasteiger partial charge in [0.2, 0.25) is 0 Å². The molecule has 0 bridgehead atoms. The monoisotopic (exact) mass is 527 g/mol. The Bertz CT molecular complexity index is 1580. The molecule has 1 heterocycles. The van der Waals surface area contributed by atoms with Gasteiger partial charge in [-0.05, 0) is 80.3 Å². The zero-order valence-electron chi connectivity index (χ0n) is 23.8. The summed E-state index contributed by atoms with van der Waals surface area (Å²) in [5.74, 6) is 0. The summed E-state index contributed by atoms with van der Waals surface area (Å²) < 4.78 is 40.3. The lowest BCUT2D eigenvalue weighted by Crippen LogP contribution is -2.34. The molecular formula is C35H36F3N. The fourth-order valence-electron chi connectivity index (χ4n) is 5.87. The number of benzene rings is 3. The molecule has 39 heavy (non-hydrogen) atoms. The van der Waals surface area contributed by atoms with Crippen LogP contribution >= 0.6 is 0 Å². The number of allylic oxidation sites excluding steroid dienone is 1. The van der Waals surface area contributed by atoms with Gasteiger partial charge in [0.05, 0.1) is 11.1 Å². The van der Waals surface area contributed by atoms with Crippen molar-refractivity contribution in [2.24, 2.45) is 5.41 Å². The van der Waals surface area contributed by atoms with Gasteiger partial charge in [0, 0.05) is 17.2 Å². The van der Waals surface area contributed by atoms with E-state index in [0.29, 0.717) is 5.56 Å². The molecule has 0 spiro atoms. The number of hydrogen-bond acceptors (Lipinski definition) is 1. The SMILES string of the molecule is CC(C)(C)c1cc(-c2nccc3c2C(C)(C)C(c2ccc(CC(C)(C)C(F)(F)F)cc2)=C3)cc2ccccc12. The van der Waals surface area contributed by atoms with Crippen molar-refractivity contribution in [2.45, 2.75) is 71.9 Å². The van der Waals surface area contributed by atoms with Crippen LogP contribution in [0.2, 0.25) is 0 Å². The summed E-state index contributed by atoms with van der Waals surface area (Å²) in [7, 11) is 0. The molecule has 0 radical (unpaired) electrons. The van der Waals surface area contributed by atoms with Crippen LogP contribution in [0.5, 0.6) is 0 Å². The minimum Gasteiger partial charge on any atom is -0.256 e. The van der Waals surface area contributed by atoms with E-state index in [2.05, 4.69) is 83.2 Å². The zero-order valence-corrected chi connectivity index (χ0v) is 23.8. The van der Waals surface area contributed by atoms with Gasteiger partial charge in [-0.1, -0.05) is 97.0 Å². The fourth-order valence-corrected chi connectivity index (χ4v) is 5.87. The molecule has 0 saturated carbocycles. The molecule has 3 aromatic carbocycles. The van der Waals surface area contributed by atoms with Gasteiger partial charge in [-0.2, -0.15) is 13.2 Å². The highest BCUT2D eigenvalue weighted by atomic mass is 19.4. The van der Waals surface area contributed by atoms with E-state index in [1.807, 2.05) is 30.5 Å². The molecule has 0 aliphatic heterocycles.